The number of urea groups is 1. The first-order chi connectivity index (χ1) is 13.9. The van der Waals surface area contributed by atoms with Crippen molar-refractivity contribution in [3.05, 3.63) is 72.2 Å². The summed E-state index contributed by atoms with van der Waals surface area (Å²) >= 11 is 0. The largest absolute Gasteiger partial charge is 0.454 e. The Morgan fingerprint density at radius 3 is 2.59 bits per heavy atom. The highest BCUT2D eigenvalue weighted by atomic mass is 32.2. The second-order valence-corrected chi connectivity index (χ2v) is 8.08. The molecule has 3 amide bonds. The molecular weight excluding hydrogens is 396 g/mol. The number of rotatable bonds is 4. The number of amides is 3. The number of benzene rings is 2. The van der Waals surface area contributed by atoms with E-state index in [1.165, 1.54) is 24.3 Å². The van der Waals surface area contributed by atoms with E-state index in [1.807, 2.05) is 0 Å². The summed E-state index contributed by atoms with van der Waals surface area (Å²) in [6, 6.07) is 14.9. The topological polar surface area (TPSA) is 135 Å². The predicted octanol–water partition coefficient (Wildman–Crippen LogP) is 2.85. The first-order valence-corrected chi connectivity index (χ1v) is 9.97. The number of nitrogens with two attached hydrogens (primary N) is 1. The van der Waals surface area contributed by atoms with Gasteiger partial charge in [-0.05, 0) is 36.4 Å². The van der Waals surface area contributed by atoms with Crippen LogP contribution in [0.5, 0.6) is 0 Å². The molecule has 0 atom stereocenters. The number of nitrogens with zero attached hydrogens (tertiary/aromatic N) is 1. The van der Waals surface area contributed by atoms with Gasteiger partial charge in [0.05, 0.1) is 23.6 Å². The van der Waals surface area contributed by atoms with Crippen molar-refractivity contribution in [3.8, 4) is 0 Å². The second-order valence-electron chi connectivity index (χ2n) is 6.25. The fourth-order valence-corrected chi connectivity index (χ4v) is 4.32. The summed E-state index contributed by atoms with van der Waals surface area (Å²) < 4.78 is 31.6. The summed E-state index contributed by atoms with van der Waals surface area (Å²) in [5.41, 5.74) is 6.83. The van der Waals surface area contributed by atoms with Crippen LogP contribution in [0.1, 0.15) is 16.3 Å². The Balaban J connectivity index is 1.54. The zero-order chi connectivity index (χ0) is 20.6. The molecule has 1 aromatic heterocycles. The van der Waals surface area contributed by atoms with Gasteiger partial charge >= 0.3 is 6.03 Å². The zero-order valence-corrected chi connectivity index (χ0v) is 15.8. The van der Waals surface area contributed by atoms with E-state index in [0.29, 0.717) is 15.7 Å². The Morgan fingerprint density at radius 2 is 1.79 bits per heavy atom. The monoisotopic (exact) mass is 412 g/mol. The van der Waals surface area contributed by atoms with Crippen LogP contribution in [0.3, 0.4) is 0 Å². The number of hydrogen-bond acceptors (Lipinski definition) is 6. The van der Waals surface area contributed by atoms with Gasteiger partial charge in [0.1, 0.15) is 10.7 Å². The molecule has 2 aromatic carbocycles. The lowest BCUT2D eigenvalue weighted by Crippen LogP contribution is -2.43. The van der Waals surface area contributed by atoms with Crippen molar-refractivity contribution in [1.82, 2.24) is 4.31 Å². The first-order valence-electron chi connectivity index (χ1n) is 8.53. The average Bonchev–Trinajstić information content (AvgIpc) is 3.16. The molecule has 0 saturated heterocycles. The van der Waals surface area contributed by atoms with Crippen LogP contribution in [0, 0.1) is 0 Å². The van der Waals surface area contributed by atoms with E-state index < -0.39 is 22.0 Å². The molecule has 0 saturated carbocycles. The minimum absolute atomic E-state index is 0.0105. The molecule has 3 aromatic rings. The summed E-state index contributed by atoms with van der Waals surface area (Å²) in [4.78, 5) is 24.6. The Labute approximate surface area is 166 Å². The summed E-state index contributed by atoms with van der Waals surface area (Å²) in [7, 11) is -4.05. The number of hydrogen-bond donors (Lipinski definition) is 3. The number of nitrogens with one attached hydrogen (secondary N) is 2. The second kappa shape index (κ2) is 6.99. The van der Waals surface area contributed by atoms with Crippen molar-refractivity contribution in [2.75, 3.05) is 16.4 Å². The van der Waals surface area contributed by atoms with Gasteiger partial charge in [-0.25, -0.2) is 17.5 Å². The fraction of sp³-hybridized carbons (Fsp3) is 0.0526. The van der Waals surface area contributed by atoms with Crippen LogP contribution in [-0.2, 0) is 16.6 Å². The smallest absolute Gasteiger partial charge is 0.336 e. The highest BCUT2D eigenvalue weighted by molar-refractivity contribution is 7.90. The van der Waals surface area contributed by atoms with Gasteiger partial charge in [0, 0.05) is 0 Å². The molecule has 0 radical (unpaired) electrons. The van der Waals surface area contributed by atoms with E-state index in [0.717, 1.165) is 0 Å². The van der Waals surface area contributed by atoms with Crippen molar-refractivity contribution in [1.29, 1.82) is 0 Å². The van der Waals surface area contributed by atoms with E-state index in [1.54, 1.807) is 36.4 Å². The van der Waals surface area contributed by atoms with Gasteiger partial charge in [0.2, 0.25) is 0 Å². The SMILES string of the molecule is Nc1ccccc1NC(=O)c1ccc(CN2C(=O)Nc3ccccc3S2(=O)=O)o1. The molecule has 29 heavy (non-hydrogen) atoms. The van der Waals surface area contributed by atoms with E-state index >= 15 is 0 Å². The summed E-state index contributed by atoms with van der Waals surface area (Å²) in [5.74, 6) is -0.460. The van der Waals surface area contributed by atoms with E-state index in [-0.39, 0.29) is 28.6 Å². The van der Waals surface area contributed by atoms with Crippen LogP contribution in [0.2, 0.25) is 0 Å². The minimum Gasteiger partial charge on any atom is -0.454 e. The van der Waals surface area contributed by atoms with Gasteiger partial charge in [-0.3, -0.25) is 4.79 Å². The summed E-state index contributed by atoms with van der Waals surface area (Å²) in [6.45, 7) is -0.358. The fourth-order valence-electron chi connectivity index (χ4n) is 2.88. The normalized spacial score (nSPS) is 14.8. The zero-order valence-electron chi connectivity index (χ0n) is 15.0. The maximum absolute atomic E-state index is 12.8. The number of sulfonamides is 1. The molecule has 4 rings (SSSR count). The molecule has 0 spiro atoms. The number of carbonyl (C=O) groups excluding carboxylic acids is 2. The average molecular weight is 412 g/mol. The van der Waals surface area contributed by atoms with E-state index in [4.69, 9.17) is 10.2 Å². The standard InChI is InChI=1S/C19H16N4O5S/c20-13-5-1-2-6-14(13)21-18(24)16-10-9-12(28-16)11-23-19(25)22-15-7-3-4-8-17(15)29(23,26)27/h1-10H,11,20H2,(H,21,24)(H,22,25). The molecule has 1 aliphatic heterocycles. The quantitative estimate of drug-likeness (QED) is 0.564. The molecule has 1 aliphatic rings. The van der Waals surface area contributed by atoms with Crippen LogP contribution >= 0.6 is 0 Å². The van der Waals surface area contributed by atoms with Crippen LogP contribution in [0.4, 0.5) is 21.9 Å². The molecule has 0 fully saturated rings. The van der Waals surface area contributed by atoms with Gasteiger partial charge < -0.3 is 20.8 Å². The lowest BCUT2D eigenvalue weighted by atomic mass is 10.2. The van der Waals surface area contributed by atoms with Gasteiger partial charge in [0.25, 0.3) is 15.9 Å². The third-order valence-corrected chi connectivity index (χ3v) is 6.10. The molecule has 10 heteroatoms. The lowest BCUT2D eigenvalue weighted by molar-refractivity contribution is 0.0994. The van der Waals surface area contributed by atoms with Crippen molar-refractivity contribution < 1.29 is 22.4 Å². The molecular formula is C19H16N4O5S. The molecule has 148 valence electrons. The Morgan fingerprint density at radius 1 is 1.07 bits per heavy atom. The highest BCUT2D eigenvalue weighted by Crippen LogP contribution is 2.31. The maximum Gasteiger partial charge on any atom is 0.336 e. The van der Waals surface area contributed by atoms with E-state index in [2.05, 4.69) is 10.6 Å². The van der Waals surface area contributed by atoms with Gasteiger partial charge in [-0.15, -0.1) is 0 Å². The van der Waals surface area contributed by atoms with Crippen LogP contribution < -0.4 is 16.4 Å². The molecule has 0 aliphatic carbocycles. The molecule has 0 bridgehead atoms. The third kappa shape index (κ3) is 3.41. The number of anilines is 3. The minimum atomic E-state index is -4.05. The Hall–Kier alpha value is -3.79. The molecule has 2 heterocycles. The summed E-state index contributed by atoms with van der Waals surface area (Å²) in [6.07, 6.45) is 0. The van der Waals surface area contributed by atoms with Crippen molar-refractivity contribution in [2.45, 2.75) is 11.4 Å². The number of fused-ring (bicyclic) bond motifs is 1. The maximum atomic E-state index is 12.8. The molecule has 4 N–H and O–H groups in total. The Kier molecular flexibility index (Phi) is 4.47. The number of carbonyl (C=O) groups is 2. The van der Waals surface area contributed by atoms with Crippen LogP contribution in [0.25, 0.3) is 0 Å². The predicted molar refractivity (Wildman–Crippen MR) is 106 cm³/mol. The highest BCUT2D eigenvalue weighted by Gasteiger charge is 2.37. The number of furan rings is 1. The molecule has 0 unspecified atom stereocenters. The lowest BCUT2D eigenvalue weighted by Gasteiger charge is -2.27. The van der Waals surface area contributed by atoms with E-state index in [9.17, 15) is 18.0 Å². The van der Waals surface area contributed by atoms with Gasteiger partial charge in [0.15, 0.2) is 5.76 Å². The summed E-state index contributed by atoms with van der Waals surface area (Å²) in [5, 5.41) is 5.14. The van der Waals surface area contributed by atoms with Crippen molar-refractivity contribution in [3.63, 3.8) is 0 Å². The van der Waals surface area contributed by atoms with Crippen LogP contribution in [0.15, 0.2) is 70.0 Å². The molecule has 9 nitrogen and oxygen atoms in total. The Bertz CT molecular complexity index is 1220. The van der Waals surface area contributed by atoms with Crippen molar-refractivity contribution in [2.24, 2.45) is 0 Å². The first kappa shape index (κ1) is 18.6. The van der Waals surface area contributed by atoms with Gasteiger partial charge in [-0.1, -0.05) is 24.3 Å². The number of nitrogen functional groups attached to an aromatic ring is 1. The third-order valence-electron chi connectivity index (χ3n) is 4.32. The van der Waals surface area contributed by atoms with Crippen LogP contribution in [-0.4, -0.2) is 24.7 Å². The van der Waals surface area contributed by atoms with Gasteiger partial charge in [-0.2, -0.15) is 0 Å². The number of para-hydroxylation sites is 3. The van der Waals surface area contributed by atoms with Crippen molar-refractivity contribution >= 4 is 39.0 Å².